The molecule has 0 aromatic rings. The molecule has 13 heavy (non-hydrogen) atoms. The summed E-state index contributed by atoms with van der Waals surface area (Å²) in [5, 5.41) is 3.44. The summed E-state index contributed by atoms with van der Waals surface area (Å²) in [6.45, 7) is 11.5. The number of hydrogen-bond acceptors (Lipinski definition) is 1. The number of nitrogens with one attached hydrogen (secondary N) is 1. The van der Waals surface area contributed by atoms with Crippen LogP contribution in [0.1, 0.15) is 53.9 Å². The van der Waals surface area contributed by atoms with Crippen LogP contribution in [0.3, 0.4) is 0 Å². The van der Waals surface area contributed by atoms with Crippen molar-refractivity contribution in [2.75, 3.05) is 7.05 Å². The molecule has 0 aliphatic rings. The Labute approximate surface area is 84.3 Å². The molecule has 80 valence electrons. The fraction of sp³-hybridized carbons (Fsp3) is 1.00. The van der Waals surface area contributed by atoms with E-state index in [2.05, 4.69) is 47.0 Å². The smallest absolute Gasteiger partial charge is 0.0115 e. The maximum atomic E-state index is 3.44. The lowest BCUT2D eigenvalue weighted by Crippen LogP contribution is -2.39. The van der Waals surface area contributed by atoms with E-state index in [9.17, 15) is 0 Å². The summed E-state index contributed by atoms with van der Waals surface area (Å²) < 4.78 is 0. The highest BCUT2D eigenvalue weighted by molar-refractivity contribution is 4.81. The summed E-state index contributed by atoms with van der Waals surface area (Å²) in [4.78, 5) is 0. The lowest BCUT2D eigenvalue weighted by molar-refractivity contribution is 0.230. The molecule has 0 fully saturated rings. The lowest BCUT2D eigenvalue weighted by atomic mass is 9.80. The van der Waals surface area contributed by atoms with E-state index in [1.54, 1.807) is 0 Å². The first-order chi connectivity index (χ1) is 5.95. The van der Waals surface area contributed by atoms with Gasteiger partial charge < -0.3 is 5.32 Å². The topological polar surface area (TPSA) is 12.0 Å². The van der Waals surface area contributed by atoms with Crippen LogP contribution in [0, 0.1) is 11.3 Å². The lowest BCUT2D eigenvalue weighted by Gasteiger charge is -2.33. The van der Waals surface area contributed by atoms with Crippen molar-refractivity contribution < 1.29 is 0 Å². The SMILES string of the molecule is CCC(CC)CC(NC)C(C)(C)C. The third kappa shape index (κ3) is 4.66. The maximum Gasteiger partial charge on any atom is 0.0115 e. The quantitative estimate of drug-likeness (QED) is 0.692. The van der Waals surface area contributed by atoms with Gasteiger partial charge in [-0.25, -0.2) is 0 Å². The molecular weight excluding hydrogens is 158 g/mol. The van der Waals surface area contributed by atoms with E-state index >= 15 is 0 Å². The van der Waals surface area contributed by atoms with Gasteiger partial charge in [0.15, 0.2) is 0 Å². The molecule has 0 bridgehead atoms. The van der Waals surface area contributed by atoms with E-state index in [0.717, 1.165) is 5.92 Å². The average molecular weight is 185 g/mol. The molecule has 0 saturated heterocycles. The molecule has 0 aromatic carbocycles. The summed E-state index contributed by atoms with van der Waals surface area (Å²) in [5.74, 6) is 0.886. The molecule has 0 aliphatic carbocycles. The van der Waals surface area contributed by atoms with Gasteiger partial charge in [-0.2, -0.15) is 0 Å². The first kappa shape index (κ1) is 13.0. The normalized spacial score (nSPS) is 15.0. The van der Waals surface area contributed by atoms with E-state index < -0.39 is 0 Å². The van der Waals surface area contributed by atoms with Crippen molar-refractivity contribution in [1.29, 1.82) is 0 Å². The highest BCUT2D eigenvalue weighted by Gasteiger charge is 2.24. The zero-order valence-electron chi connectivity index (χ0n) is 10.3. The Hall–Kier alpha value is -0.0400. The standard InChI is InChI=1S/C12H27N/c1-7-10(8-2)9-11(13-6)12(3,4)5/h10-11,13H,7-9H2,1-6H3. The van der Waals surface area contributed by atoms with Gasteiger partial charge in [0.05, 0.1) is 0 Å². The van der Waals surface area contributed by atoms with Crippen LogP contribution in [0.25, 0.3) is 0 Å². The second-order valence-electron chi connectivity index (χ2n) is 5.13. The van der Waals surface area contributed by atoms with Crippen molar-refractivity contribution in [1.82, 2.24) is 5.32 Å². The second kappa shape index (κ2) is 5.64. The van der Waals surface area contributed by atoms with Crippen LogP contribution >= 0.6 is 0 Å². The van der Waals surface area contributed by atoms with E-state index in [4.69, 9.17) is 0 Å². The third-order valence-electron chi connectivity index (χ3n) is 3.12. The second-order valence-corrected chi connectivity index (χ2v) is 5.13. The molecule has 0 saturated carbocycles. The monoisotopic (exact) mass is 185 g/mol. The van der Waals surface area contributed by atoms with Crippen molar-refractivity contribution in [2.45, 2.75) is 59.9 Å². The molecule has 1 atom stereocenters. The molecule has 0 heterocycles. The molecule has 0 aromatic heterocycles. The Morgan fingerprint density at radius 2 is 1.54 bits per heavy atom. The van der Waals surface area contributed by atoms with Crippen LogP contribution in [0.4, 0.5) is 0 Å². The van der Waals surface area contributed by atoms with Gasteiger partial charge in [-0.3, -0.25) is 0 Å². The van der Waals surface area contributed by atoms with Crippen molar-refractivity contribution in [3.8, 4) is 0 Å². The van der Waals surface area contributed by atoms with Crippen LogP contribution in [0.15, 0.2) is 0 Å². The van der Waals surface area contributed by atoms with Gasteiger partial charge in [-0.05, 0) is 24.8 Å². The minimum atomic E-state index is 0.386. The first-order valence-electron chi connectivity index (χ1n) is 5.62. The predicted octanol–water partition coefficient (Wildman–Crippen LogP) is 3.45. The molecule has 0 spiro atoms. The predicted molar refractivity (Wildman–Crippen MR) is 61.0 cm³/mol. The molecule has 1 nitrogen and oxygen atoms in total. The maximum absolute atomic E-state index is 3.44. The highest BCUT2D eigenvalue weighted by Crippen LogP contribution is 2.26. The van der Waals surface area contributed by atoms with E-state index in [1.807, 2.05) is 0 Å². The summed E-state index contributed by atoms with van der Waals surface area (Å²) in [6, 6.07) is 0.650. The van der Waals surface area contributed by atoms with Gasteiger partial charge in [0.1, 0.15) is 0 Å². The van der Waals surface area contributed by atoms with E-state index in [0.29, 0.717) is 11.5 Å². The Morgan fingerprint density at radius 3 is 1.77 bits per heavy atom. The van der Waals surface area contributed by atoms with Crippen molar-refractivity contribution in [3.63, 3.8) is 0 Å². The zero-order chi connectivity index (χ0) is 10.5. The molecule has 0 radical (unpaired) electrons. The van der Waals surface area contributed by atoms with Gasteiger partial charge >= 0.3 is 0 Å². The Kier molecular flexibility index (Phi) is 5.62. The van der Waals surface area contributed by atoms with E-state index in [1.165, 1.54) is 19.3 Å². The summed E-state index contributed by atoms with van der Waals surface area (Å²) in [6.07, 6.45) is 3.93. The minimum absolute atomic E-state index is 0.386. The molecule has 1 heteroatoms. The zero-order valence-corrected chi connectivity index (χ0v) is 10.3. The summed E-state index contributed by atoms with van der Waals surface area (Å²) in [7, 11) is 2.08. The van der Waals surface area contributed by atoms with Gasteiger partial charge in [0, 0.05) is 6.04 Å². The largest absolute Gasteiger partial charge is 0.316 e. The van der Waals surface area contributed by atoms with Crippen LogP contribution in [0.5, 0.6) is 0 Å². The highest BCUT2D eigenvalue weighted by atomic mass is 14.9. The Balaban J connectivity index is 4.11. The first-order valence-corrected chi connectivity index (χ1v) is 5.62. The van der Waals surface area contributed by atoms with Crippen LogP contribution in [-0.2, 0) is 0 Å². The molecule has 0 amide bonds. The van der Waals surface area contributed by atoms with Crippen molar-refractivity contribution >= 4 is 0 Å². The fourth-order valence-corrected chi connectivity index (χ4v) is 1.86. The number of hydrogen-bond donors (Lipinski definition) is 1. The number of rotatable bonds is 5. The molecule has 1 N–H and O–H groups in total. The molecule has 0 aliphatic heterocycles. The van der Waals surface area contributed by atoms with Gasteiger partial charge in [-0.1, -0.05) is 47.5 Å². The third-order valence-corrected chi connectivity index (χ3v) is 3.12. The average Bonchev–Trinajstić information content (AvgIpc) is 2.04. The van der Waals surface area contributed by atoms with Crippen LogP contribution in [-0.4, -0.2) is 13.1 Å². The molecule has 1 unspecified atom stereocenters. The Morgan fingerprint density at radius 1 is 1.08 bits per heavy atom. The minimum Gasteiger partial charge on any atom is -0.316 e. The van der Waals surface area contributed by atoms with Crippen molar-refractivity contribution in [3.05, 3.63) is 0 Å². The fourth-order valence-electron chi connectivity index (χ4n) is 1.86. The Bertz CT molecular complexity index is 120. The van der Waals surface area contributed by atoms with Crippen molar-refractivity contribution in [2.24, 2.45) is 11.3 Å². The van der Waals surface area contributed by atoms with Crippen LogP contribution in [0.2, 0.25) is 0 Å². The van der Waals surface area contributed by atoms with Gasteiger partial charge in [0.25, 0.3) is 0 Å². The van der Waals surface area contributed by atoms with E-state index in [-0.39, 0.29) is 0 Å². The summed E-state index contributed by atoms with van der Waals surface area (Å²) >= 11 is 0. The molecular formula is C12H27N. The van der Waals surface area contributed by atoms with Crippen LogP contribution < -0.4 is 5.32 Å². The van der Waals surface area contributed by atoms with Gasteiger partial charge in [-0.15, -0.1) is 0 Å². The molecule has 0 rings (SSSR count). The van der Waals surface area contributed by atoms with Gasteiger partial charge in [0.2, 0.25) is 0 Å². The summed E-state index contributed by atoms with van der Waals surface area (Å²) in [5.41, 5.74) is 0.386.